The molecule has 1 amide bonds. The van der Waals surface area contributed by atoms with E-state index < -0.39 is 12.1 Å². The van der Waals surface area contributed by atoms with Crippen LogP contribution in [0.5, 0.6) is 0 Å². The van der Waals surface area contributed by atoms with E-state index in [-0.39, 0.29) is 18.5 Å². The summed E-state index contributed by atoms with van der Waals surface area (Å²) in [5, 5.41) is 23.2. The summed E-state index contributed by atoms with van der Waals surface area (Å²) in [6, 6.07) is -0.639. The van der Waals surface area contributed by atoms with E-state index in [0.29, 0.717) is 19.4 Å². The van der Waals surface area contributed by atoms with Gasteiger partial charge >= 0.3 is 5.97 Å². The van der Waals surface area contributed by atoms with Crippen LogP contribution >= 0.6 is 0 Å². The van der Waals surface area contributed by atoms with Crippen molar-refractivity contribution in [1.29, 1.82) is 0 Å². The number of carbonyl (C=O) groups is 2. The number of carbonyl (C=O) groups excluding carboxylic acids is 2. The molecule has 422 valence electrons. The van der Waals surface area contributed by atoms with E-state index in [9.17, 15) is 19.8 Å². The zero-order chi connectivity index (χ0) is 52.2. The first-order chi connectivity index (χ1) is 35.5. The van der Waals surface area contributed by atoms with Gasteiger partial charge in [-0.15, -0.1) is 0 Å². The fraction of sp³-hybridized carbons (Fsp3) is 0.848. The Labute approximate surface area is 448 Å². The fourth-order valence-electron chi connectivity index (χ4n) is 9.66. The molecule has 2 unspecified atom stereocenters. The van der Waals surface area contributed by atoms with E-state index >= 15 is 0 Å². The Hall–Kier alpha value is -2.18. The van der Waals surface area contributed by atoms with Gasteiger partial charge in [-0.1, -0.05) is 281 Å². The van der Waals surface area contributed by atoms with Crippen molar-refractivity contribution < 1.29 is 24.5 Å². The topological polar surface area (TPSA) is 95.9 Å². The third-order valence-corrected chi connectivity index (χ3v) is 14.6. The summed E-state index contributed by atoms with van der Waals surface area (Å²) in [6.07, 6.45) is 78.6. The van der Waals surface area contributed by atoms with Gasteiger partial charge in [-0.2, -0.15) is 0 Å². The quantitative estimate of drug-likeness (QED) is 0.0320. The van der Waals surface area contributed by atoms with E-state index in [1.165, 1.54) is 244 Å². The fourth-order valence-corrected chi connectivity index (χ4v) is 9.66. The van der Waals surface area contributed by atoms with E-state index in [1.54, 1.807) is 6.08 Å². The smallest absolute Gasteiger partial charge is 0.305 e. The summed E-state index contributed by atoms with van der Waals surface area (Å²) in [4.78, 5) is 24.6. The van der Waals surface area contributed by atoms with Crippen LogP contribution in [0.4, 0.5) is 0 Å². The largest absolute Gasteiger partial charge is 0.466 e. The van der Waals surface area contributed by atoms with Gasteiger partial charge in [0.2, 0.25) is 5.91 Å². The van der Waals surface area contributed by atoms with E-state index in [1.807, 2.05) is 6.08 Å². The maximum atomic E-state index is 12.5. The second-order valence-electron chi connectivity index (χ2n) is 21.7. The van der Waals surface area contributed by atoms with Gasteiger partial charge in [0.05, 0.1) is 25.4 Å². The van der Waals surface area contributed by atoms with Gasteiger partial charge in [-0.3, -0.25) is 9.59 Å². The van der Waals surface area contributed by atoms with Gasteiger partial charge in [0, 0.05) is 12.8 Å². The molecule has 0 radical (unpaired) electrons. The van der Waals surface area contributed by atoms with Gasteiger partial charge in [0.15, 0.2) is 0 Å². The minimum absolute atomic E-state index is 0.0100. The molecule has 72 heavy (non-hydrogen) atoms. The molecule has 0 fully saturated rings. The third-order valence-electron chi connectivity index (χ3n) is 14.6. The lowest BCUT2D eigenvalue weighted by Crippen LogP contribution is -2.45. The number of rotatable bonds is 59. The minimum atomic E-state index is -0.854. The van der Waals surface area contributed by atoms with Crippen molar-refractivity contribution in [3.05, 3.63) is 48.6 Å². The van der Waals surface area contributed by atoms with Gasteiger partial charge in [0.1, 0.15) is 0 Å². The Kier molecular flexibility index (Phi) is 59.5. The second kappa shape index (κ2) is 61.4. The van der Waals surface area contributed by atoms with E-state index in [2.05, 4.69) is 55.6 Å². The molecule has 0 saturated carbocycles. The summed E-state index contributed by atoms with van der Waals surface area (Å²) < 4.78 is 5.48. The van der Waals surface area contributed by atoms with Crippen LogP contribution in [0.1, 0.15) is 335 Å². The molecule has 0 spiro atoms. The molecule has 0 aromatic heterocycles. The van der Waals surface area contributed by atoms with E-state index in [0.717, 1.165) is 64.2 Å². The molecule has 3 N–H and O–H groups in total. The first-order valence-corrected chi connectivity index (χ1v) is 31.9. The Morgan fingerprint density at radius 1 is 0.389 bits per heavy atom. The summed E-state index contributed by atoms with van der Waals surface area (Å²) in [7, 11) is 0. The Balaban J connectivity index is 3.49. The highest BCUT2D eigenvalue weighted by Gasteiger charge is 2.18. The van der Waals surface area contributed by atoms with Gasteiger partial charge in [-0.25, -0.2) is 0 Å². The summed E-state index contributed by atoms with van der Waals surface area (Å²) in [5.74, 6) is -0.0885. The first-order valence-electron chi connectivity index (χ1n) is 31.9. The van der Waals surface area contributed by atoms with Crippen molar-refractivity contribution in [1.82, 2.24) is 5.32 Å². The molecule has 6 heteroatoms. The highest BCUT2D eigenvalue weighted by molar-refractivity contribution is 5.76. The van der Waals surface area contributed by atoms with Gasteiger partial charge < -0.3 is 20.3 Å². The van der Waals surface area contributed by atoms with Crippen LogP contribution in [0, 0.1) is 0 Å². The lowest BCUT2D eigenvalue weighted by molar-refractivity contribution is -0.143. The number of aliphatic hydroxyl groups excluding tert-OH is 2. The molecule has 0 heterocycles. The number of esters is 1. The van der Waals surface area contributed by atoms with Crippen LogP contribution in [0.2, 0.25) is 0 Å². The number of allylic oxidation sites excluding steroid dienone is 7. The van der Waals surface area contributed by atoms with Crippen LogP contribution in [-0.4, -0.2) is 47.4 Å². The molecule has 0 aliphatic carbocycles. The average Bonchev–Trinajstić information content (AvgIpc) is 3.38. The summed E-state index contributed by atoms with van der Waals surface area (Å²) >= 11 is 0. The molecule has 0 aromatic carbocycles. The number of hydrogen-bond acceptors (Lipinski definition) is 5. The number of nitrogens with one attached hydrogen (secondary N) is 1. The maximum Gasteiger partial charge on any atom is 0.305 e. The van der Waals surface area contributed by atoms with Crippen molar-refractivity contribution in [3.63, 3.8) is 0 Å². The van der Waals surface area contributed by atoms with Crippen LogP contribution in [-0.2, 0) is 14.3 Å². The molecule has 0 bridgehead atoms. The average molecular weight is 1010 g/mol. The standard InChI is InChI=1S/C66H123NO5/c1-3-5-7-9-11-13-15-17-19-21-23-24-26-30-34-38-42-46-50-54-58-64(69)63(62-68)67-65(70)59-55-51-47-43-39-35-31-27-25-29-33-37-41-45-49-53-57-61-72-66(71)60-56-52-48-44-40-36-32-28-22-20-18-16-14-12-10-8-6-4-2/h14,16,20,22,25,29,54,58,63-64,68-69H,3-13,15,17-19,21,23-24,26-28,30-53,55-57,59-62H2,1-2H3,(H,67,70)/b16-14-,22-20-,29-25-,58-54+. The van der Waals surface area contributed by atoms with Crippen LogP contribution in [0.3, 0.4) is 0 Å². The minimum Gasteiger partial charge on any atom is -0.466 e. The molecule has 6 nitrogen and oxygen atoms in total. The number of hydrogen-bond donors (Lipinski definition) is 3. The predicted molar refractivity (Wildman–Crippen MR) is 315 cm³/mol. The lowest BCUT2D eigenvalue weighted by Gasteiger charge is -2.20. The normalized spacial score (nSPS) is 12.9. The first kappa shape index (κ1) is 69.8. The molecule has 0 rings (SSSR count). The number of amides is 1. The van der Waals surface area contributed by atoms with E-state index in [4.69, 9.17) is 4.74 Å². The monoisotopic (exact) mass is 1010 g/mol. The molecule has 0 aliphatic rings. The van der Waals surface area contributed by atoms with Crippen LogP contribution in [0.15, 0.2) is 48.6 Å². The molecule has 2 atom stereocenters. The molecular weight excluding hydrogens is 887 g/mol. The highest BCUT2D eigenvalue weighted by atomic mass is 16.5. The zero-order valence-electron chi connectivity index (χ0n) is 48.2. The molecular formula is C66H123NO5. The maximum absolute atomic E-state index is 12.5. The summed E-state index contributed by atoms with van der Waals surface area (Å²) in [6.45, 7) is 4.88. The number of aliphatic hydroxyl groups is 2. The third kappa shape index (κ3) is 57.1. The predicted octanol–water partition coefficient (Wildman–Crippen LogP) is 20.1. The Bertz CT molecular complexity index is 1210. The van der Waals surface area contributed by atoms with Gasteiger partial charge in [-0.05, 0) is 89.9 Å². The van der Waals surface area contributed by atoms with Crippen molar-refractivity contribution in [2.45, 2.75) is 347 Å². The molecule has 0 saturated heterocycles. The Morgan fingerprint density at radius 3 is 1.08 bits per heavy atom. The van der Waals surface area contributed by atoms with Crippen molar-refractivity contribution in [3.8, 4) is 0 Å². The zero-order valence-corrected chi connectivity index (χ0v) is 48.2. The summed E-state index contributed by atoms with van der Waals surface area (Å²) in [5.41, 5.74) is 0. The van der Waals surface area contributed by atoms with Crippen molar-refractivity contribution >= 4 is 11.9 Å². The number of ether oxygens (including phenoxy) is 1. The highest BCUT2D eigenvalue weighted by Crippen LogP contribution is 2.17. The van der Waals surface area contributed by atoms with Gasteiger partial charge in [0.25, 0.3) is 0 Å². The second-order valence-corrected chi connectivity index (χ2v) is 21.7. The molecule has 0 aromatic rings. The Morgan fingerprint density at radius 2 is 0.694 bits per heavy atom. The number of unbranched alkanes of at least 4 members (excludes halogenated alkanes) is 42. The van der Waals surface area contributed by atoms with Crippen LogP contribution < -0.4 is 5.32 Å². The van der Waals surface area contributed by atoms with Crippen molar-refractivity contribution in [2.75, 3.05) is 13.2 Å². The van der Waals surface area contributed by atoms with Crippen molar-refractivity contribution in [2.24, 2.45) is 0 Å². The SMILES string of the molecule is CCCCCC/C=C\C/C=C\CCCCCCCCCC(=O)OCCCCCCCC/C=C\CCCCCCCCCC(=O)NC(CO)C(O)/C=C/CCCCCCCCCCCCCCCCCCCC. The lowest BCUT2D eigenvalue weighted by atomic mass is 10.0. The van der Waals surface area contributed by atoms with Crippen LogP contribution in [0.25, 0.3) is 0 Å². The molecule has 0 aliphatic heterocycles.